The Morgan fingerprint density at radius 3 is 2.27 bits per heavy atom. The van der Waals surface area contributed by atoms with Crippen molar-refractivity contribution in [2.75, 3.05) is 28.2 Å². The summed E-state index contributed by atoms with van der Waals surface area (Å²) in [5.74, 6) is 0.503. The third-order valence-corrected chi connectivity index (χ3v) is 4.34. The molecule has 0 aliphatic rings. The highest BCUT2D eigenvalue weighted by Gasteiger charge is 2.30. The summed E-state index contributed by atoms with van der Waals surface area (Å²) in [6.45, 7) is 0. The molecule has 1 rings (SSSR count). The lowest BCUT2D eigenvalue weighted by Gasteiger charge is -2.29. The first-order valence-corrected chi connectivity index (χ1v) is 6.05. The fourth-order valence-electron chi connectivity index (χ4n) is 1.06. The van der Waals surface area contributed by atoms with Gasteiger partial charge in [0.25, 0.3) is 0 Å². The Kier molecular flexibility index (Phi) is 3.85. The Hall–Kier alpha value is -0.900. The van der Waals surface area contributed by atoms with Gasteiger partial charge in [0.2, 0.25) is 0 Å². The zero-order chi connectivity index (χ0) is 11.5. The zero-order valence-electron chi connectivity index (χ0n) is 9.41. The highest BCUT2D eigenvalue weighted by atomic mass is 31.2. The second-order valence-electron chi connectivity index (χ2n) is 3.47. The van der Waals surface area contributed by atoms with Crippen LogP contribution in [0.1, 0.15) is 0 Å². The second-order valence-corrected chi connectivity index (χ2v) is 6.23. The van der Waals surface area contributed by atoms with E-state index in [1.54, 1.807) is 62.1 Å². The second kappa shape index (κ2) is 4.75. The molecule has 5 nitrogen and oxygen atoms in total. The van der Waals surface area contributed by atoms with Crippen molar-refractivity contribution in [1.29, 1.82) is 0 Å². The van der Waals surface area contributed by atoms with E-state index in [9.17, 15) is 4.57 Å². The van der Waals surface area contributed by atoms with Crippen LogP contribution in [0.15, 0.2) is 24.5 Å². The van der Waals surface area contributed by atoms with Gasteiger partial charge in [0, 0.05) is 6.20 Å². The van der Waals surface area contributed by atoms with Crippen LogP contribution in [0.3, 0.4) is 0 Å². The fourth-order valence-corrected chi connectivity index (χ4v) is 2.48. The van der Waals surface area contributed by atoms with Crippen LogP contribution in [0, 0.1) is 0 Å². The van der Waals surface area contributed by atoms with Crippen molar-refractivity contribution in [3.8, 4) is 5.75 Å². The minimum absolute atomic E-state index is 0.503. The number of hydrogen-bond donors (Lipinski definition) is 0. The number of rotatable bonds is 4. The van der Waals surface area contributed by atoms with E-state index in [-0.39, 0.29) is 0 Å². The van der Waals surface area contributed by atoms with Crippen LogP contribution in [-0.2, 0) is 4.57 Å². The summed E-state index contributed by atoms with van der Waals surface area (Å²) in [7, 11) is 3.92. The first-order valence-electron chi connectivity index (χ1n) is 4.52. The smallest absolute Gasteiger partial charge is 0.394 e. The molecule has 0 amide bonds. The molecule has 0 bridgehead atoms. The van der Waals surface area contributed by atoms with Crippen molar-refractivity contribution in [2.45, 2.75) is 0 Å². The normalized spacial score (nSPS) is 12.1. The van der Waals surface area contributed by atoms with Crippen LogP contribution < -0.4 is 4.52 Å². The van der Waals surface area contributed by atoms with Gasteiger partial charge < -0.3 is 4.52 Å². The molecule has 0 aromatic carbocycles. The molecule has 0 aliphatic carbocycles. The predicted octanol–water partition coefficient (Wildman–Crippen LogP) is 1.69. The van der Waals surface area contributed by atoms with Crippen LogP contribution in [0.4, 0.5) is 0 Å². The maximum Gasteiger partial charge on any atom is 0.394 e. The van der Waals surface area contributed by atoms with Crippen molar-refractivity contribution < 1.29 is 9.09 Å². The van der Waals surface area contributed by atoms with E-state index in [1.165, 1.54) is 0 Å². The van der Waals surface area contributed by atoms with Crippen LogP contribution in [0.2, 0.25) is 0 Å². The number of aromatic nitrogens is 1. The van der Waals surface area contributed by atoms with Gasteiger partial charge in [0.1, 0.15) is 5.75 Å². The predicted molar refractivity (Wildman–Crippen MR) is 59.8 cm³/mol. The van der Waals surface area contributed by atoms with Crippen molar-refractivity contribution in [1.82, 2.24) is 14.3 Å². The Labute approximate surface area is 90.2 Å². The molecule has 1 aromatic heterocycles. The summed E-state index contributed by atoms with van der Waals surface area (Å²) in [5, 5.41) is 0. The molecule has 0 saturated carbocycles. The molecule has 0 unspecified atom stereocenters. The van der Waals surface area contributed by atoms with Crippen LogP contribution >= 0.6 is 7.67 Å². The van der Waals surface area contributed by atoms with E-state index in [4.69, 9.17) is 4.52 Å². The molecule has 1 aromatic rings. The van der Waals surface area contributed by atoms with Gasteiger partial charge in [0.15, 0.2) is 0 Å². The summed E-state index contributed by atoms with van der Waals surface area (Å²) in [6, 6.07) is 3.47. The van der Waals surface area contributed by atoms with Gasteiger partial charge in [0.05, 0.1) is 6.20 Å². The lowest BCUT2D eigenvalue weighted by Crippen LogP contribution is -2.24. The molecule has 6 heteroatoms. The summed E-state index contributed by atoms with van der Waals surface area (Å²) < 4.78 is 21.0. The van der Waals surface area contributed by atoms with E-state index in [0.717, 1.165) is 0 Å². The first-order chi connectivity index (χ1) is 6.97. The maximum absolute atomic E-state index is 12.4. The molecular weight excluding hydrogens is 213 g/mol. The van der Waals surface area contributed by atoms with Gasteiger partial charge in [-0.25, -0.2) is 13.9 Å². The quantitative estimate of drug-likeness (QED) is 0.735. The van der Waals surface area contributed by atoms with E-state index in [1.807, 2.05) is 0 Å². The summed E-state index contributed by atoms with van der Waals surface area (Å²) in [4.78, 5) is 3.90. The largest absolute Gasteiger partial charge is 0.420 e. The van der Waals surface area contributed by atoms with Gasteiger partial charge >= 0.3 is 7.67 Å². The van der Waals surface area contributed by atoms with E-state index in [2.05, 4.69) is 4.98 Å². The van der Waals surface area contributed by atoms with Gasteiger partial charge in [-0.1, -0.05) is 0 Å². The SMILES string of the molecule is CN(C)P(=O)(Oc1cccnc1)N(C)C. The lowest BCUT2D eigenvalue weighted by molar-refractivity contribution is 0.353. The Bertz CT molecular complexity index is 342. The first kappa shape index (κ1) is 12.2. The topological polar surface area (TPSA) is 45.7 Å². The average Bonchev–Trinajstić information content (AvgIpc) is 2.18. The van der Waals surface area contributed by atoms with Crippen LogP contribution in [-0.4, -0.2) is 42.5 Å². The summed E-state index contributed by atoms with van der Waals surface area (Å²) >= 11 is 0. The van der Waals surface area contributed by atoms with Gasteiger partial charge in [-0.15, -0.1) is 0 Å². The molecule has 84 valence electrons. The molecule has 0 N–H and O–H groups in total. The number of pyridine rings is 1. The zero-order valence-corrected chi connectivity index (χ0v) is 10.3. The third-order valence-electron chi connectivity index (χ3n) is 1.87. The van der Waals surface area contributed by atoms with Gasteiger partial charge in [-0.2, -0.15) is 0 Å². The molecule has 0 saturated heterocycles. The van der Waals surface area contributed by atoms with Gasteiger partial charge in [-0.05, 0) is 40.3 Å². The monoisotopic (exact) mass is 229 g/mol. The minimum Gasteiger partial charge on any atom is -0.420 e. The fraction of sp³-hybridized carbons (Fsp3) is 0.444. The van der Waals surface area contributed by atoms with Crippen molar-refractivity contribution in [3.05, 3.63) is 24.5 Å². The molecule has 0 spiro atoms. The molecule has 15 heavy (non-hydrogen) atoms. The van der Waals surface area contributed by atoms with Crippen LogP contribution in [0.5, 0.6) is 5.75 Å². The summed E-state index contributed by atoms with van der Waals surface area (Å²) in [6.07, 6.45) is 3.18. The molecule has 0 fully saturated rings. The highest BCUT2D eigenvalue weighted by Crippen LogP contribution is 2.50. The highest BCUT2D eigenvalue weighted by molar-refractivity contribution is 7.54. The standard InChI is InChI=1S/C9H16N3O2P/c1-11(2)15(13,12(3)4)14-9-6-5-7-10-8-9/h5-8H,1-4H3. The van der Waals surface area contributed by atoms with Gasteiger partial charge in [-0.3, -0.25) is 4.98 Å². The maximum atomic E-state index is 12.4. The Morgan fingerprint density at radius 1 is 1.27 bits per heavy atom. The van der Waals surface area contributed by atoms with Crippen molar-refractivity contribution in [3.63, 3.8) is 0 Å². The summed E-state index contributed by atoms with van der Waals surface area (Å²) in [5.41, 5.74) is 0. The van der Waals surface area contributed by atoms with E-state index in [0.29, 0.717) is 5.75 Å². The molecular formula is C9H16N3O2P. The van der Waals surface area contributed by atoms with Crippen molar-refractivity contribution >= 4 is 7.67 Å². The molecule has 0 aliphatic heterocycles. The average molecular weight is 229 g/mol. The Balaban J connectivity index is 2.91. The Morgan fingerprint density at radius 2 is 1.87 bits per heavy atom. The van der Waals surface area contributed by atoms with E-state index >= 15 is 0 Å². The lowest BCUT2D eigenvalue weighted by atomic mass is 10.5. The number of nitrogens with zero attached hydrogens (tertiary/aromatic N) is 3. The third kappa shape index (κ3) is 2.78. The van der Waals surface area contributed by atoms with E-state index < -0.39 is 7.67 Å². The molecule has 0 radical (unpaired) electrons. The number of hydrogen-bond acceptors (Lipinski definition) is 3. The molecule has 1 heterocycles. The molecule has 0 atom stereocenters. The minimum atomic E-state index is -2.96. The van der Waals surface area contributed by atoms with Crippen molar-refractivity contribution in [2.24, 2.45) is 0 Å². The van der Waals surface area contributed by atoms with Crippen LogP contribution in [0.25, 0.3) is 0 Å².